The number of aromatic nitrogens is 3. The molecule has 1 unspecified atom stereocenters. The van der Waals surface area contributed by atoms with E-state index in [9.17, 15) is 4.79 Å². The molecule has 0 saturated heterocycles. The number of carbonyl (C=O) groups is 1. The lowest BCUT2D eigenvalue weighted by Crippen LogP contribution is -2.16. The molecule has 20 heavy (non-hydrogen) atoms. The Labute approximate surface area is 118 Å². The summed E-state index contributed by atoms with van der Waals surface area (Å²) in [5, 5.41) is 13.6. The van der Waals surface area contributed by atoms with Crippen molar-refractivity contribution in [1.29, 1.82) is 0 Å². The Morgan fingerprint density at radius 2 is 2.15 bits per heavy atom. The van der Waals surface area contributed by atoms with Crippen molar-refractivity contribution in [3.8, 4) is 0 Å². The van der Waals surface area contributed by atoms with Crippen molar-refractivity contribution >= 4 is 11.6 Å². The Morgan fingerprint density at radius 3 is 2.75 bits per heavy atom. The molecular weight excluding hydrogens is 254 g/mol. The van der Waals surface area contributed by atoms with E-state index in [-0.39, 0.29) is 0 Å². The van der Waals surface area contributed by atoms with Gasteiger partial charge in [-0.05, 0) is 32.3 Å². The van der Waals surface area contributed by atoms with Crippen LogP contribution in [0.1, 0.15) is 42.9 Å². The second-order valence-electron chi connectivity index (χ2n) is 5.36. The van der Waals surface area contributed by atoms with Gasteiger partial charge in [0.15, 0.2) is 5.65 Å². The molecule has 2 heterocycles. The summed E-state index contributed by atoms with van der Waals surface area (Å²) < 4.78 is 1.84. The number of rotatable bonds is 5. The van der Waals surface area contributed by atoms with Crippen molar-refractivity contribution in [3.63, 3.8) is 0 Å². The summed E-state index contributed by atoms with van der Waals surface area (Å²) in [6.45, 7) is 7.75. The Morgan fingerprint density at radius 1 is 1.45 bits per heavy atom. The largest absolute Gasteiger partial charge is 0.481 e. The third kappa shape index (κ3) is 2.66. The van der Waals surface area contributed by atoms with E-state index in [0.29, 0.717) is 6.42 Å². The molecule has 0 fully saturated rings. The van der Waals surface area contributed by atoms with Gasteiger partial charge in [-0.3, -0.25) is 4.79 Å². The molecule has 0 saturated carbocycles. The molecule has 2 aromatic rings. The van der Waals surface area contributed by atoms with Gasteiger partial charge in [-0.15, -0.1) is 0 Å². The molecule has 0 aliphatic heterocycles. The molecule has 5 nitrogen and oxygen atoms in total. The van der Waals surface area contributed by atoms with Crippen molar-refractivity contribution in [1.82, 2.24) is 14.6 Å². The van der Waals surface area contributed by atoms with Crippen LogP contribution in [0.3, 0.4) is 0 Å². The van der Waals surface area contributed by atoms with E-state index >= 15 is 0 Å². The normalized spacial score (nSPS) is 12.8. The zero-order valence-corrected chi connectivity index (χ0v) is 12.5. The second kappa shape index (κ2) is 5.61. The maximum atomic E-state index is 11.0. The van der Waals surface area contributed by atoms with Crippen LogP contribution in [0.15, 0.2) is 6.07 Å². The summed E-state index contributed by atoms with van der Waals surface area (Å²) >= 11 is 0. The lowest BCUT2D eigenvalue weighted by atomic mass is 9.99. The van der Waals surface area contributed by atoms with Crippen molar-refractivity contribution in [2.24, 2.45) is 5.92 Å². The first-order chi connectivity index (χ1) is 9.43. The van der Waals surface area contributed by atoms with E-state index in [0.717, 1.165) is 41.1 Å². The van der Waals surface area contributed by atoms with Crippen LogP contribution in [-0.2, 0) is 17.6 Å². The minimum Gasteiger partial charge on any atom is -0.481 e. The highest BCUT2D eigenvalue weighted by atomic mass is 16.4. The summed E-state index contributed by atoms with van der Waals surface area (Å²) in [5.41, 5.74) is 4.74. The number of hydrogen-bond donors (Lipinski definition) is 1. The molecule has 0 amide bonds. The van der Waals surface area contributed by atoms with Crippen molar-refractivity contribution in [3.05, 3.63) is 28.7 Å². The van der Waals surface area contributed by atoms with E-state index in [1.807, 2.05) is 24.4 Å². The summed E-state index contributed by atoms with van der Waals surface area (Å²) in [6, 6.07) is 2.01. The summed E-state index contributed by atoms with van der Waals surface area (Å²) in [7, 11) is 0. The first-order valence-electron chi connectivity index (χ1n) is 7.01. The van der Waals surface area contributed by atoms with Gasteiger partial charge in [0.1, 0.15) is 0 Å². The molecule has 0 bridgehead atoms. The number of aryl methyl sites for hydroxylation is 3. The van der Waals surface area contributed by atoms with Crippen LogP contribution in [-0.4, -0.2) is 25.7 Å². The van der Waals surface area contributed by atoms with Crippen LogP contribution in [0.25, 0.3) is 5.65 Å². The summed E-state index contributed by atoms with van der Waals surface area (Å²) in [4.78, 5) is 15.6. The fourth-order valence-electron chi connectivity index (χ4n) is 2.44. The SMILES string of the molecule is CCCc1cc2nc(C)c(CC(C)C(=O)O)c(C)n2n1. The van der Waals surface area contributed by atoms with Crippen LogP contribution in [0.2, 0.25) is 0 Å². The van der Waals surface area contributed by atoms with E-state index < -0.39 is 11.9 Å². The maximum absolute atomic E-state index is 11.0. The predicted molar refractivity (Wildman–Crippen MR) is 77.0 cm³/mol. The van der Waals surface area contributed by atoms with Gasteiger partial charge in [-0.25, -0.2) is 9.50 Å². The third-order valence-electron chi connectivity index (χ3n) is 3.65. The Kier molecular flexibility index (Phi) is 4.06. The van der Waals surface area contributed by atoms with E-state index in [1.54, 1.807) is 6.92 Å². The molecule has 0 radical (unpaired) electrons. The van der Waals surface area contributed by atoms with Crippen molar-refractivity contribution < 1.29 is 9.90 Å². The highest BCUT2D eigenvalue weighted by Crippen LogP contribution is 2.19. The van der Waals surface area contributed by atoms with Gasteiger partial charge in [0, 0.05) is 17.5 Å². The zero-order chi connectivity index (χ0) is 14.9. The molecule has 0 aliphatic rings. The minimum atomic E-state index is -0.781. The van der Waals surface area contributed by atoms with Crippen LogP contribution in [0.4, 0.5) is 0 Å². The van der Waals surface area contributed by atoms with Gasteiger partial charge in [-0.1, -0.05) is 20.3 Å². The monoisotopic (exact) mass is 275 g/mol. The van der Waals surface area contributed by atoms with Gasteiger partial charge in [0.05, 0.1) is 11.6 Å². The average Bonchev–Trinajstić information content (AvgIpc) is 2.77. The van der Waals surface area contributed by atoms with Crippen LogP contribution in [0.5, 0.6) is 0 Å². The van der Waals surface area contributed by atoms with Gasteiger partial charge in [0.2, 0.25) is 0 Å². The van der Waals surface area contributed by atoms with Crippen LogP contribution in [0, 0.1) is 19.8 Å². The molecule has 2 aromatic heterocycles. The highest BCUT2D eigenvalue weighted by molar-refractivity contribution is 5.70. The molecule has 0 aromatic carbocycles. The Hall–Kier alpha value is -1.91. The number of carboxylic acids is 1. The van der Waals surface area contributed by atoms with Gasteiger partial charge < -0.3 is 5.11 Å². The van der Waals surface area contributed by atoms with E-state index in [4.69, 9.17) is 5.11 Å². The molecule has 2 rings (SSSR count). The third-order valence-corrected chi connectivity index (χ3v) is 3.65. The molecule has 0 aliphatic carbocycles. The fraction of sp³-hybridized carbons (Fsp3) is 0.533. The summed E-state index contributed by atoms with van der Waals surface area (Å²) in [5.74, 6) is -1.20. The van der Waals surface area contributed by atoms with Gasteiger partial charge in [0.25, 0.3) is 0 Å². The Bertz CT molecular complexity index is 646. The quantitative estimate of drug-likeness (QED) is 0.910. The molecule has 1 N–H and O–H groups in total. The van der Waals surface area contributed by atoms with Crippen molar-refractivity contribution in [2.45, 2.75) is 47.0 Å². The minimum absolute atomic E-state index is 0.419. The number of aliphatic carboxylic acids is 1. The number of nitrogens with zero attached hydrogens (tertiary/aromatic N) is 3. The van der Waals surface area contributed by atoms with E-state index in [1.165, 1.54) is 0 Å². The summed E-state index contributed by atoms with van der Waals surface area (Å²) in [6.07, 6.45) is 2.46. The molecular formula is C15H21N3O2. The molecule has 0 spiro atoms. The number of hydrogen-bond acceptors (Lipinski definition) is 3. The number of carboxylic acid groups (broad SMARTS) is 1. The lowest BCUT2D eigenvalue weighted by Gasteiger charge is -2.13. The highest BCUT2D eigenvalue weighted by Gasteiger charge is 2.18. The first-order valence-corrected chi connectivity index (χ1v) is 7.01. The molecule has 108 valence electrons. The van der Waals surface area contributed by atoms with Crippen molar-refractivity contribution in [2.75, 3.05) is 0 Å². The maximum Gasteiger partial charge on any atom is 0.306 e. The Balaban J connectivity index is 2.47. The number of fused-ring (bicyclic) bond motifs is 1. The molecule has 5 heteroatoms. The lowest BCUT2D eigenvalue weighted by molar-refractivity contribution is -0.141. The van der Waals surface area contributed by atoms with Gasteiger partial charge >= 0.3 is 5.97 Å². The van der Waals surface area contributed by atoms with E-state index in [2.05, 4.69) is 17.0 Å². The topological polar surface area (TPSA) is 67.5 Å². The smallest absolute Gasteiger partial charge is 0.306 e. The second-order valence-corrected chi connectivity index (χ2v) is 5.36. The zero-order valence-electron chi connectivity index (χ0n) is 12.5. The van der Waals surface area contributed by atoms with Crippen LogP contribution >= 0.6 is 0 Å². The van der Waals surface area contributed by atoms with Gasteiger partial charge in [-0.2, -0.15) is 5.10 Å². The fourth-order valence-corrected chi connectivity index (χ4v) is 2.44. The first kappa shape index (κ1) is 14.5. The predicted octanol–water partition coefficient (Wildman–Crippen LogP) is 2.56. The standard InChI is InChI=1S/C15H21N3O2/c1-5-6-12-8-14-16-10(3)13(7-9(2)15(19)20)11(4)18(14)17-12/h8-9H,5-7H2,1-4H3,(H,19,20). The van der Waals surface area contributed by atoms with Crippen LogP contribution < -0.4 is 0 Å². The molecule has 1 atom stereocenters. The average molecular weight is 275 g/mol.